The first-order valence-corrected chi connectivity index (χ1v) is 6.87. The predicted octanol–water partition coefficient (Wildman–Crippen LogP) is 4.12. The Morgan fingerprint density at radius 3 is 2.71 bits per heavy atom. The number of hydrogen-bond donors (Lipinski definition) is 0. The van der Waals surface area contributed by atoms with Crippen LogP contribution in [-0.4, -0.2) is 4.92 Å². The molecule has 0 heterocycles. The summed E-state index contributed by atoms with van der Waals surface area (Å²) in [4.78, 5) is 10.3. The third-order valence-electron chi connectivity index (χ3n) is 2.98. The van der Waals surface area contributed by atoms with Gasteiger partial charge in [0, 0.05) is 6.07 Å². The molecule has 2 rings (SSSR count). The molecule has 0 fully saturated rings. The fourth-order valence-electron chi connectivity index (χ4n) is 1.80. The molecule has 0 amide bonds. The summed E-state index contributed by atoms with van der Waals surface area (Å²) in [7, 11) is 0. The van der Waals surface area contributed by atoms with Gasteiger partial charge in [-0.3, -0.25) is 10.1 Å². The van der Waals surface area contributed by atoms with Crippen LogP contribution in [0.4, 0.5) is 5.69 Å². The third-order valence-corrected chi connectivity index (χ3v) is 3.64. The molecule has 0 saturated carbocycles. The maximum absolute atomic E-state index is 10.8. The Hall–Kier alpha value is -2.39. The molecule has 0 spiro atoms. The lowest BCUT2D eigenvalue weighted by Crippen LogP contribution is -1.99. The first-order chi connectivity index (χ1) is 10.0. The molecule has 2 aromatic carbocycles. The van der Waals surface area contributed by atoms with E-state index in [-0.39, 0.29) is 12.3 Å². The number of halogens is 1. The zero-order valence-electron chi connectivity index (χ0n) is 11.2. The maximum Gasteiger partial charge on any atom is 0.273 e. The number of nitro benzene ring substituents is 1. The Balaban J connectivity index is 2.18. The van der Waals surface area contributed by atoms with Crippen LogP contribution in [0, 0.1) is 28.4 Å². The largest absolute Gasteiger partial charge is 0.487 e. The summed E-state index contributed by atoms with van der Waals surface area (Å²) in [5.41, 5.74) is 2.43. The minimum Gasteiger partial charge on any atom is -0.487 e. The van der Waals surface area contributed by atoms with E-state index in [0.717, 1.165) is 11.1 Å². The van der Waals surface area contributed by atoms with Crippen LogP contribution in [-0.2, 0) is 6.61 Å². The van der Waals surface area contributed by atoms with E-state index in [4.69, 9.17) is 10.00 Å². The maximum atomic E-state index is 10.8. The van der Waals surface area contributed by atoms with Gasteiger partial charge in [0.25, 0.3) is 5.69 Å². The van der Waals surface area contributed by atoms with Crippen molar-refractivity contribution in [2.45, 2.75) is 13.5 Å². The lowest BCUT2D eigenvalue weighted by Gasteiger charge is -2.10. The van der Waals surface area contributed by atoms with E-state index in [0.29, 0.717) is 15.8 Å². The van der Waals surface area contributed by atoms with Crippen LogP contribution in [0.25, 0.3) is 0 Å². The molecule has 6 heteroatoms. The van der Waals surface area contributed by atoms with E-state index in [1.54, 1.807) is 18.2 Å². The number of aryl methyl sites for hydroxylation is 1. The molecule has 0 unspecified atom stereocenters. The molecule has 2 aromatic rings. The second-order valence-corrected chi connectivity index (χ2v) is 5.27. The summed E-state index contributed by atoms with van der Waals surface area (Å²) in [6, 6.07) is 11.8. The minimum absolute atomic E-state index is 0.0234. The molecule has 106 valence electrons. The van der Waals surface area contributed by atoms with Crippen molar-refractivity contribution in [2.24, 2.45) is 0 Å². The molecule has 0 bridgehead atoms. The number of rotatable bonds is 4. The van der Waals surface area contributed by atoms with Crippen LogP contribution < -0.4 is 4.74 Å². The molecular formula is C15H11BrN2O3. The number of benzene rings is 2. The number of ether oxygens (including phenoxy) is 1. The summed E-state index contributed by atoms with van der Waals surface area (Å²) in [6.45, 7) is 2.17. The Morgan fingerprint density at radius 1 is 1.33 bits per heavy atom. The van der Waals surface area contributed by atoms with Gasteiger partial charge in [-0.2, -0.15) is 5.26 Å². The van der Waals surface area contributed by atoms with Gasteiger partial charge < -0.3 is 4.74 Å². The van der Waals surface area contributed by atoms with Gasteiger partial charge in [-0.25, -0.2) is 0 Å². The molecular weight excluding hydrogens is 336 g/mol. The van der Waals surface area contributed by atoms with E-state index in [1.807, 2.05) is 13.0 Å². The third kappa shape index (κ3) is 3.58. The first-order valence-electron chi connectivity index (χ1n) is 6.07. The van der Waals surface area contributed by atoms with E-state index >= 15 is 0 Å². The van der Waals surface area contributed by atoms with E-state index in [1.165, 1.54) is 12.1 Å². The van der Waals surface area contributed by atoms with E-state index in [9.17, 15) is 10.1 Å². The molecule has 0 radical (unpaired) electrons. The zero-order chi connectivity index (χ0) is 15.4. The van der Waals surface area contributed by atoms with Crippen LogP contribution in [0.3, 0.4) is 0 Å². The van der Waals surface area contributed by atoms with Gasteiger partial charge in [0.1, 0.15) is 12.4 Å². The Morgan fingerprint density at radius 2 is 2.10 bits per heavy atom. The molecule has 0 N–H and O–H groups in total. The van der Waals surface area contributed by atoms with Gasteiger partial charge in [-0.15, -0.1) is 0 Å². The lowest BCUT2D eigenvalue weighted by atomic mass is 10.1. The van der Waals surface area contributed by atoms with E-state index in [2.05, 4.69) is 22.0 Å². The SMILES string of the molecule is Cc1cc(C#N)ccc1COc1cc([N+](=O)[O-])ccc1Br. The highest BCUT2D eigenvalue weighted by atomic mass is 79.9. The highest BCUT2D eigenvalue weighted by molar-refractivity contribution is 9.10. The average Bonchev–Trinajstić information content (AvgIpc) is 2.47. The van der Waals surface area contributed by atoms with Crippen LogP contribution in [0.15, 0.2) is 40.9 Å². The standard InChI is InChI=1S/C15H11BrN2O3/c1-10-6-11(8-17)2-3-12(10)9-21-15-7-13(18(19)20)4-5-14(15)16/h2-7H,9H2,1H3. The summed E-state index contributed by atoms with van der Waals surface area (Å²) < 4.78 is 6.29. The highest BCUT2D eigenvalue weighted by Crippen LogP contribution is 2.30. The van der Waals surface area contributed by atoms with Crippen molar-refractivity contribution in [1.29, 1.82) is 5.26 Å². The Bertz CT molecular complexity index is 738. The number of non-ortho nitro benzene ring substituents is 1. The number of nitro groups is 1. The quantitative estimate of drug-likeness (QED) is 0.616. The van der Waals surface area contributed by atoms with Crippen molar-refractivity contribution in [3.05, 3.63) is 67.7 Å². The van der Waals surface area contributed by atoms with Crippen molar-refractivity contribution in [3.63, 3.8) is 0 Å². The second-order valence-electron chi connectivity index (χ2n) is 4.41. The first kappa shape index (κ1) is 15.0. The summed E-state index contributed by atoms with van der Waals surface area (Å²) in [5.74, 6) is 0.410. The topological polar surface area (TPSA) is 76.2 Å². The van der Waals surface area contributed by atoms with E-state index < -0.39 is 4.92 Å². The predicted molar refractivity (Wildman–Crippen MR) is 81.0 cm³/mol. The van der Waals surface area contributed by atoms with Crippen LogP contribution >= 0.6 is 15.9 Å². The fraction of sp³-hybridized carbons (Fsp3) is 0.133. The molecule has 0 aliphatic carbocycles. The molecule has 0 aliphatic rings. The summed E-state index contributed by atoms with van der Waals surface area (Å²) in [5, 5.41) is 19.6. The molecule has 0 atom stereocenters. The monoisotopic (exact) mass is 346 g/mol. The average molecular weight is 347 g/mol. The van der Waals surface area contributed by atoms with Crippen molar-refractivity contribution >= 4 is 21.6 Å². The molecule has 21 heavy (non-hydrogen) atoms. The Kier molecular flexibility index (Phi) is 4.55. The second kappa shape index (κ2) is 6.37. The van der Waals surface area contributed by atoms with Gasteiger partial charge >= 0.3 is 0 Å². The number of hydrogen-bond acceptors (Lipinski definition) is 4. The number of nitrogens with zero attached hydrogens (tertiary/aromatic N) is 2. The van der Waals surface area contributed by atoms with Crippen molar-refractivity contribution in [3.8, 4) is 11.8 Å². The van der Waals surface area contributed by atoms with Crippen molar-refractivity contribution in [1.82, 2.24) is 0 Å². The fourth-order valence-corrected chi connectivity index (χ4v) is 2.16. The minimum atomic E-state index is -0.466. The zero-order valence-corrected chi connectivity index (χ0v) is 12.8. The highest BCUT2D eigenvalue weighted by Gasteiger charge is 2.11. The van der Waals surface area contributed by atoms with Crippen LogP contribution in [0.1, 0.15) is 16.7 Å². The van der Waals surface area contributed by atoms with Crippen LogP contribution in [0.5, 0.6) is 5.75 Å². The van der Waals surface area contributed by atoms with Gasteiger partial charge in [-0.1, -0.05) is 6.07 Å². The van der Waals surface area contributed by atoms with Gasteiger partial charge in [0.15, 0.2) is 0 Å². The normalized spacial score (nSPS) is 9.95. The van der Waals surface area contributed by atoms with Gasteiger partial charge in [0.05, 0.1) is 27.1 Å². The Labute approximate surface area is 130 Å². The lowest BCUT2D eigenvalue weighted by molar-refractivity contribution is -0.385. The number of nitriles is 1. The van der Waals surface area contributed by atoms with Crippen LogP contribution in [0.2, 0.25) is 0 Å². The summed E-state index contributed by atoms with van der Waals surface area (Å²) >= 11 is 3.30. The summed E-state index contributed by atoms with van der Waals surface area (Å²) in [6.07, 6.45) is 0. The molecule has 0 aliphatic heterocycles. The van der Waals surface area contributed by atoms with Crippen molar-refractivity contribution < 1.29 is 9.66 Å². The molecule has 5 nitrogen and oxygen atoms in total. The molecule has 0 saturated heterocycles. The van der Waals surface area contributed by atoms with Crippen molar-refractivity contribution in [2.75, 3.05) is 0 Å². The van der Waals surface area contributed by atoms with Gasteiger partial charge in [0.2, 0.25) is 0 Å². The molecule has 0 aromatic heterocycles. The smallest absolute Gasteiger partial charge is 0.273 e. The van der Waals surface area contributed by atoms with Gasteiger partial charge in [-0.05, 0) is 52.2 Å².